The van der Waals surface area contributed by atoms with Crippen molar-refractivity contribution in [3.8, 4) is 22.8 Å². The minimum Gasteiger partial charge on any atom is -0.496 e. The smallest absolute Gasteiger partial charge is 0.496 e. The third-order valence-corrected chi connectivity index (χ3v) is 5.28. The lowest BCUT2D eigenvalue weighted by molar-refractivity contribution is -0.274. The molecular formula is C23H28F3N3O2. The van der Waals surface area contributed by atoms with E-state index in [-0.39, 0.29) is 11.5 Å². The summed E-state index contributed by atoms with van der Waals surface area (Å²) in [4.78, 5) is 7.06. The molecule has 0 saturated carbocycles. The van der Waals surface area contributed by atoms with Crippen LogP contribution in [0.1, 0.15) is 30.5 Å². The van der Waals surface area contributed by atoms with Gasteiger partial charge in [-0.3, -0.25) is 0 Å². The van der Waals surface area contributed by atoms with Gasteiger partial charge in [-0.15, -0.1) is 13.2 Å². The van der Waals surface area contributed by atoms with Crippen molar-refractivity contribution in [2.45, 2.75) is 39.6 Å². The molecule has 0 spiro atoms. The molecule has 1 aromatic carbocycles. The molecule has 0 bridgehead atoms. The van der Waals surface area contributed by atoms with Crippen LogP contribution in [0, 0.1) is 13.8 Å². The van der Waals surface area contributed by atoms with Gasteiger partial charge >= 0.3 is 6.36 Å². The number of rotatable bonds is 7. The molecule has 3 aromatic rings. The molecule has 0 aliphatic carbocycles. The number of ether oxygens (including phenoxy) is 2. The quantitative estimate of drug-likeness (QED) is 0.474. The Hall–Kier alpha value is -2.74. The number of alkyl halides is 3. The summed E-state index contributed by atoms with van der Waals surface area (Å²) in [7, 11) is 5.53. The molecule has 0 N–H and O–H groups in total. The summed E-state index contributed by atoms with van der Waals surface area (Å²) in [5.74, 6) is -0.0588. The monoisotopic (exact) mass is 435 g/mol. The Morgan fingerprint density at radius 3 is 2.42 bits per heavy atom. The Balaban J connectivity index is 2.10. The highest BCUT2D eigenvalue weighted by molar-refractivity contribution is 5.85. The second-order valence-corrected chi connectivity index (χ2v) is 7.98. The minimum absolute atomic E-state index is 0.271. The number of aryl methyl sites for hydroxylation is 2. The number of fused-ring (bicyclic) bond motifs is 1. The molecule has 0 saturated heterocycles. The van der Waals surface area contributed by atoms with Crippen molar-refractivity contribution in [1.82, 2.24) is 14.5 Å². The maximum atomic E-state index is 12.6. The number of methoxy groups -OCH3 is 1. The molecule has 8 heteroatoms. The summed E-state index contributed by atoms with van der Waals surface area (Å²) in [6.07, 6.45) is -1.66. The summed E-state index contributed by atoms with van der Waals surface area (Å²) < 4.78 is 49.4. The van der Waals surface area contributed by atoms with Gasteiger partial charge in [-0.05, 0) is 63.7 Å². The van der Waals surface area contributed by atoms with Crippen molar-refractivity contribution < 1.29 is 22.6 Å². The first kappa shape index (κ1) is 22.9. The number of aromatic nitrogens is 2. The maximum Gasteiger partial charge on any atom is 0.573 e. The van der Waals surface area contributed by atoms with Crippen LogP contribution in [0.15, 0.2) is 30.5 Å². The highest BCUT2D eigenvalue weighted by Gasteiger charge is 2.31. The number of nitrogens with zero attached hydrogens (tertiary/aromatic N) is 3. The van der Waals surface area contributed by atoms with Crippen LogP contribution in [0.25, 0.3) is 22.3 Å². The van der Waals surface area contributed by atoms with Crippen molar-refractivity contribution >= 4 is 11.0 Å². The van der Waals surface area contributed by atoms with Crippen LogP contribution in [0.3, 0.4) is 0 Å². The van der Waals surface area contributed by atoms with E-state index in [0.29, 0.717) is 17.3 Å². The zero-order valence-electron chi connectivity index (χ0n) is 18.7. The molecule has 2 aromatic heterocycles. The molecule has 1 unspecified atom stereocenters. The lowest BCUT2D eigenvalue weighted by Gasteiger charge is -2.22. The van der Waals surface area contributed by atoms with E-state index < -0.39 is 6.36 Å². The second-order valence-electron chi connectivity index (χ2n) is 7.98. The van der Waals surface area contributed by atoms with Gasteiger partial charge in [0.2, 0.25) is 0 Å². The fraction of sp³-hybridized carbons (Fsp3) is 0.435. The number of benzene rings is 1. The minimum atomic E-state index is -4.76. The maximum absolute atomic E-state index is 12.6. The van der Waals surface area contributed by atoms with Gasteiger partial charge in [0.1, 0.15) is 11.5 Å². The fourth-order valence-corrected chi connectivity index (χ4v) is 3.90. The Morgan fingerprint density at radius 1 is 1.13 bits per heavy atom. The molecule has 0 fully saturated rings. The van der Waals surface area contributed by atoms with Crippen molar-refractivity contribution in [1.29, 1.82) is 0 Å². The van der Waals surface area contributed by atoms with E-state index in [0.717, 1.165) is 35.1 Å². The van der Waals surface area contributed by atoms with Crippen LogP contribution in [0.5, 0.6) is 11.5 Å². The average molecular weight is 435 g/mol. The summed E-state index contributed by atoms with van der Waals surface area (Å²) in [6.45, 7) is 7.04. The normalized spacial score (nSPS) is 13.1. The van der Waals surface area contributed by atoms with Gasteiger partial charge in [0.15, 0.2) is 0 Å². The van der Waals surface area contributed by atoms with E-state index in [1.807, 2.05) is 13.8 Å². The third-order valence-electron chi connectivity index (χ3n) is 5.28. The van der Waals surface area contributed by atoms with Gasteiger partial charge in [0.05, 0.1) is 23.8 Å². The van der Waals surface area contributed by atoms with Crippen LogP contribution in [-0.2, 0) is 0 Å². The molecule has 0 radical (unpaired) electrons. The van der Waals surface area contributed by atoms with Gasteiger partial charge in [-0.2, -0.15) is 0 Å². The number of pyridine rings is 1. The zero-order valence-corrected chi connectivity index (χ0v) is 18.7. The summed E-state index contributed by atoms with van der Waals surface area (Å²) in [5.41, 5.74) is 5.16. The van der Waals surface area contributed by atoms with Gasteiger partial charge < -0.3 is 18.9 Å². The molecule has 1 atom stereocenters. The third kappa shape index (κ3) is 4.95. The molecule has 168 valence electrons. The van der Waals surface area contributed by atoms with Crippen molar-refractivity contribution in [3.05, 3.63) is 41.6 Å². The van der Waals surface area contributed by atoms with E-state index in [1.54, 1.807) is 6.07 Å². The molecule has 2 heterocycles. The van der Waals surface area contributed by atoms with Crippen LogP contribution < -0.4 is 9.47 Å². The Kier molecular flexibility index (Phi) is 6.50. The van der Waals surface area contributed by atoms with Gasteiger partial charge in [-0.25, -0.2) is 4.98 Å². The predicted octanol–water partition coefficient (Wildman–Crippen LogP) is 5.74. The van der Waals surface area contributed by atoms with Crippen molar-refractivity contribution in [3.63, 3.8) is 0 Å². The van der Waals surface area contributed by atoms with E-state index in [1.165, 1.54) is 19.2 Å². The van der Waals surface area contributed by atoms with Crippen molar-refractivity contribution in [2.75, 3.05) is 27.7 Å². The fourth-order valence-electron chi connectivity index (χ4n) is 3.90. The highest BCUT2D eigenvalue weighted by atomic mass is 19.4. The summed E-state index contributed by atoms with van der Waals surface area (Å²) in [6, 6.07) is 6.46. The molecule has 0 aliphatic heterocycles. The number of halogens is 3. The lowest BCUT2D eigenvalue weighted by atomic mass is 10.0. The topological polar surface area (TPSA) is 39.5 Å². The summed E-state index contributed by atoms with van der Waals surface area (Å²) >= 11 is 0. The van der Waals surface area contributed by atoms with Crippen LogP contribution in [-0.4, -0.2) is 48.6 Å². The van der Waals surface area contributed by atoms with E-state index >= 15 is 0 Å². The van der Waals surface area contributed by atoms with Crippen LogP contribution in [0.2, 0.25) is 0 Å². The van der Waals surface area contributed by atoms with Crippen molar-refractivity contribution in [2.24, 2.45) is 0 Å². The van der Waals surface area contributed by atoms with Gasteiger partial charge in [0, 0.05) is 30.4 Å². The predicted molar refractivity (Wildman–Crippen MR) is 116 cm³/mol. The Bertz CT molecular complexity index is 1070. The van der Waals surface area contributed by atoms with Crippen LogP contribution in [0.4, 0.5) is 13.2 Å². The molecule has 0 aliphatic rings. The number of hydrogen-bond donors (Lipinski definition) is 0. The summed E-state index contributed by atoms with van der Waals surface area (Å²) in [5, 5.41) is 0. The van der Waals surface area contributed by atoms with E-state index in [2.05, 4.69) is 47.5 Å². The standard InChI is InChI=1S/C23H28F3N3O2/c1-7-16(13-28(4)5)29-12-15(3)22-19(29)10-14(2)21(27-22)18-9-8-17(11-20(18)30-6)31-23(24,25)26/h8-12,16H,7,13H2,1-6H3. The molecular weight excluding hydrogens is 407 g/mol. The average Bonchev–Trinajstić information content (AvgIpc) is 2.99. The van der Waals surface area contributed by atoms with Crippen LogP contribution >= 0.6 is 0 Å². The first-order valence-corrected chi connectivity index (χ1v) is 10.1. The molecule has 0 amide bonds. The van der Waals surface area contributed by atoms with Gasteiger partial charge in [-0.1, -0.05) is 6.92 Å². The first-order valence-electron chi connectivity index (χ1n) is 10.1. The highest BCUT2D eigenvalue weighted by Crippen LogP contribution is 2.37. The largest absolute Gasteiger partial charge is 0.573 e. The molecule has 31 heavy (non-hydrogen) atoms. The molecule has 3 rings (SSSR count). The lowest BCUT2D eigenvalue weighted by Crippen LogP contribution is -2.23. The zero-order chi connectivity index (χ0) is 22.9. The number of hydrogen-bond acceptors (Lipinski definition) is 4. The first-order chi connectivity index (χ1) is 14.5. The van der Waals surface area contributed by atoms with E-state index in [9.17, 15) is 13.2 Å². The second kappa shape index (κ2) is 8.78. The SMILES string of the molecule is CCC(CN(C)C)n1cc(C)c2nc(-c3ccc(OC(F)(F)F)cc3OC)c(C)cc21. The molecule has 5 nitrogen and oxygen atoms in total. The Labute approximate surface area is 180 Å². The van der Waals surface area contributed by atoms with Gasteiger partial charge in [0.25, 0.3) is 0 Å². The van der Waals surface area contributed by atoms with E-state index in [4.69, 9.17) is 9.72 Å². The Morgan fingerprint density at radius 2 is 1.84 bits per heavy atom. The number of likely N-dealkylation sites (N-methyl/N-ethyl adjacent to an activating group) is 1.